The van der Waals surface area contributed by atoms with Crippen LogP contribution in [0.2, 0.25) is 10.0 Å². The second-order valence-electron chi connectivity index (χ2n) is 5.40. The Hall–Kier alpha value is -2.76. The summed E-state index contributed by atoms with van der Waals surface area (Å²) in [6.07, 6.45) is 3.09. The minimum absolute atomic E-state index is 0.290. The zero-order chi connectivity index (χ0) is 18.5. The molecule has 1 heterocycles. The highest BCUT2D eigenvalue weighted by Crippen LogP contribution is 2.30. The minimum Gasteiger partial charge on any atom is -0.495 e. The molecule has 1 aromatic heterocycles. The molecule has 2 N–H and O–H groups in total. The maximum absolute atomic E-state index is 12.4. The molecule has 3 aromatic rings. The number of hydrogen-bond donors (Lipinski definition) is 2. The molecule has 0 aliphatic carbocycles. The van der Waals surface area contributed by atoms with Gasteiger partial charge in [-0.3, -0.25) is 9.78 Å². The van der Waals surface area contributed by atoms with E-state index in [4.69, 9.17) is 27.9 Å². The van der Waals surface area contributed by atoms with Crippen LogP contribution in [0.5, 0.6) is 5.75 Å². The second-order valence-corrected chi connectivity index (χ2v) is 6.27. The number of rotatable bonds is 5. The number of nitrogens with zero attached hydrogens (tertiary/aromatic N) is 1. The highest BCUT2D eigenvalue weighted by atomic mass is 35.5. The molecule has 7 heteroatoms. The van der Waals surface area contributed by atoms with E-state index in [1.807, 2.05) is 0 Å². The first-order valence-electron chi connectivity index (χ1n) is 7.67. The summed E-state index contributed by atoms with van der Waals surface area (Å²) in [5.41, 5.74) is 2.31. The maximum Gasteiger partial charge on any atom is 0.257 e. The summed E-state index contributed by atoms with van der Waals surface area (Å²) in [4.78, 5) is 16.6. The van der Waals surface area contributed by atoms with Crippen molar-refractivity contribution >= 4 is 46.2 Å². The number of halogens is 2. The third-order valence-electron chi connectivity index (χ3n) is 3.52. The van der Waals surface area contributed by atoms with Crippen LogP contribution < -0.4 is 15.4 Å². The fourth-order valence-corrected chi connectivity index (χ4v) is 2.70. The lowest BCUT2D eigenvalue weighted by Crippen LogP contribution is -2.12. The molecule has 132 valence electrons. The van der Waals surface area contributed by atoms with Crippen molar-refractivity contribution in [1.82, 2.24) is 4.98 Å². The van der Waals surface area contributed by atoms with Gasteiger partial charge in [0.25, 0.3) is 5.91 Å². The quantitative estimate of drug-likeness (QED) is 0.615. The van der Waals surface area contributed by atoms with Gasteiger partial charge in [0.1, 0.15) is 5.75 Å². The van der Waals surface area contributed by atoms with E-state index in [0.29, 0.717) is 38.4 Å². The summed E-state index contributed by atoms with van der Waals surface area (Å²) < 4.78 is 5.31. The van der Waals surface area contributed by atoms with Crippen LogP contribution in [0.3, 0.4) is 0 Å². The van der Waals surface area contributed by atoms with Crippen LogP contribution in [0.1, 0.15) is 10.4 Å². The molecule has 0 saturated heterocycles. The van der Waals surface area contributed by atoms with Crippen LogP contribution in [-0.4, -0.2) is 18.0 Å². The Morgan fingerprint density at radius 1 is 1.00 bits per heavy atom. The molecule has 1 amide bonds. The minimum atomic E-state index is -0.290. The lowest BCUT2D eigenvalue weighted by Gasteiger charge is -2.12. The van der Waals surface area contributed by atoms with Crippen LogP contribution in [0.15, 0.2) is 60.9 Å². The molecule has 5 nitrogen and oxygen atoms in total. The molecule has 2 aromatic carbocycles. The Morgan fingerprint density at radius 3 is 2.58 bits per heavy atom. The van der Waals surface area contributed by atoms with Crippen LogP contribution >= 0.6 is 23.2 Å². The first kappa shape index (κ1) is 18.0. The van der Waals surface area contributed by atoms with Crippen molar-refractivity contribution in [2.75, 3.05) is 17.7 Å². The molecule has 0 spiro atoms. The standard InChI is InChI=1S/C19H15Cl2N3O2/c1-26-18-6-5-14(21)9-17(18)23-16-7-12(10-22-11-16)19(25)24-15-4-2-3-13(20)8-15/h2-11,23H,1H3,(H,24,25). The number of carbonyl (C=O) groups is 1. The number of amides is 1. The molecule has 0 aliphatic rings. The first-order chi connectivity index (χ1) is 12.5. The van der Waals surface area contributed by atoms with Gasteiger partial charge in [0.15, 0.2) is 0 Å². The number of hydrogen-bond acceptors (Lipinski definition) is 4. The van der Waals surface area contributed by atoms with E-state index in [1.54, 1.807) is 61.8 Å². The summed E-state index contributed by atoms with van der Waals surface area (Å²) >= 11 is 12.0. The number of anilines is 3. The van der Waals surface area contributed by atoms with Crippen molar-refractivity contribution < 1.29 is 9.53 Å². The number of carbonyl (C=O) groups excluding carboxylic acids is 1. The highest BCUT2D eigenvalue weighted by Gasteiger charge is 2.10. The molecule has 0 fully saturated rings. The number of benzene rings is 2. The van der Waals surface area contributed by atoms with Gasteiger partial charge in [0, 0.05) is 21.9 Å². The molecule has 0 radical (unpaired) electrons. The molecule has 0 saturated carbocycles. The van der Waals surface area contributed by atoms with E-state index in [2.05, 4.69) is 15.6 Å². The van der Waals surface area contributed by atoms with Crippen molar-refractivity contribution in [1.29, 1.82) is 0 Å². The molecule has 26 heavy (non-hydrogen) atoms. The molecule has 0 unspecified atom stereocenters. The molecule has 0 bridgehead atoms. The van der Waals surface area contributed by atoms with Crippen LogP contribution in [0.25, 0.3) is 0 Å². The first-order valence-corrected chi connectivity index (χ1v) is 8.43. The summed E-state index contributed by atoms with van der Waals surface area (Å²) in [5, 5.41) is 7.06. The lowest BCUT2D eigenvalue weighted by atomic mass is 10.2. The van der Waals surface area contributed by atoms with Crippen LogP contribution in [-0.2, 0) is 0 Å². The fraction of sp³-hybridized carbons (Fsp3) is 0.0526. The number of methoxy groups -OCH3 is 1. The normalized spacial score (nSPS) is 10.3. The van der Waals surface area contributed by atoms with Crippen molar-refractivity contribution in [3.63, 3.8) is 0 Å². The maximum atomic E-state index is 12.4. The summed E-state index contributed by atoms with van der Waals surface area (Å²) in [6.45, 7) is 0. The largest absolute Gasteiger partial charge is 0.495 e. The lowest BCUT2D eigenvalue weighted by molar-refractivity contribution is 0.102. The summed E-state index contributed by atoms with van der Waals surface area (Å²) in [5.74, 6) is 0.338. The zero-order valence-corrected chi connectivity index (χ0v) is 15.3. The second kappa shape index (κ2) is 8.08. The van der Waals surface area contributed by atoms with Gasteiger partial charge in [0.2, 0.25) is 0 Å². The van der Waals surface area contributed by atoms with E-state index in [9.17, 15) is 4.79 Å². The van der Waals surface area contributed by atoms with E-state index >= 15 is 0 Å². The Bertz CT molecular complexity index is 948. The van der Waals surface area contributed by atoms with Gasteiger partial charge in [-0.1, -0.05) is 29.3 Å². The Morgan fingerprint density at radius 2 is 1.81 bits per heavy atom. The number of nitrogens with one attached hydrogen (secondary N) is 2. The third kappa shape index (κ3) is 4.45. The molecule has 0 aliphatic heterocycles. The number of aromatic nitrogens is 1. The molecule has 3 rings (SSSR count). The third-order valence-corrected chi connectivity index (χ3v) is 3.99. The SMILES string of the molecule is COc1ccc(Cl)cc1Nc1cncc(C(=O)Nc2cccc(Cl)c2)c1. The summed E-state index contributed by atoms with van der Waals surface area (Å²) in [7, 11) is 1.57. The van der Waals surface area contributed by atoms with E-state index in [-0.39, 0.29) is 5.91 Å². The molecular weight excluding hydrogens is 373 g/mol. The van der Waals surface area contributed by atoms with Crippen molar-refractivity contribution in [2.24, 2.45) is 0 Å². The average molecular weight is 388 g/mol. The Kier molecular flexibility index (Phi) is 5.61. The number of ether oxygens (including phenoxy) is 1. The molecular formula is C19H15Cl2N3O2. The average Bonchev–Trinajstić information content (AvgIpc) is 2.62. The predicted molar refractivity (Wildman–Crippen MR) is 105 cm³/mol. The van der Waals surface area contributed by atoms with Gasteiger partial charge in [-0.25, -0.2) is 0 Å². The van der Waals surface area contributed by atoms with Crippen molar-refractivity contribution in [2.45, 2.75) is 0 Å². The van der Waals surface area contributed by atoms with Gasteiger partial charge in [0.05, 0.1) is 30.2 Å². The Balaban J connectivity index is 1.80. The van der Waals surface area contributed by atoms with Gasteiger partial charge >= 0.3 is 0 Å². The van der Waals surface area contributed by atoms with Gasteiger partial charge in [-0.05, 0) is 42.5 Å². The fourth-order valence-electron chi connectivity index (χ4n) is 2.34. The summed E-state index contributed by atoms with van der Waals surface area (Å²) in [6, 6.07) is 13.8. The van der Waals surface area contributed by atoms with E-state index < -0.39 is 0 Å². The number of pyridine rings is 1. The molecule has 0 atom stereocenters. The smallest absolute Gasteiger partial charge is 0.257 e. The monoisotopic (exact) mass is 387 g/mol. The topological polar surface area (TPSA) is 63.2 Å². The van der Waals surface area contributed by atoms with E-state index in [1.165, 1.54) is 6.20 Å². The van der Waals surface area contributed by atoms with Gasteiger partial charge in [-0.2, -0.15) is 0 Å². The van der Waals surface area contributed by atoms with Crippen molar-refractivity contribution in [3.05, 3.63) is 76.5 Å². The predicted octanol–water partition coefficient (Wildman–Crippen LogP) is 5.39. The highest BCUT2D eigenvalue weighted by molar-refractivity contribution is 6.31. The van der Waals surface area contributed by atoms with E-state index in [0.717, 1.165) is 0 Å². The zero-order valence-electron chi connectivity index (χ0n) is 13.8. The Labute approximate surface area is 160 Å². The van der Waals surface area contributed by atoms with Crippen LogP contribution in [0.4, 0.5) is 17.1 Å². The van der Waals surface area contributed by atoms with Gasteiger partial charge in [-0.15, -0.1) is 0 Å². The van der Waals surface area contributed by atoms with Crippen LogP contribution in [0, 0.1) is 0 Å². The van der Waals surface area contributed by atoms with Crippen molar-refractivity contribution in [3.8, 4) is 5.75 Å². The van der Waals surface area contributed by atoms with Gasteiger partial charge < -0.3 is 15.4 Å².